The number of nitrogens with one attached hydrogen (secondary N) is 3. The first-order valence-corrected chi connectivity index (χ1v) is 11.9. The maximum atomic E-state index is 11.5. The molecule has 0 bridgehead atoms. The first-order chi connectivity index (χ1) is 15.2. The van der Waals surface area contributed by atoms with Crippen molar-refractivity contribution in [3.05, 3.63) is 0 Å². The quantitative estimate of drug-likeness (QED) is 0.498. The third-order valence-corrected chi connectivity index (χ3v) is 5.10. The molecular formula is C23H45N5O5. The van der Waals surface area contributed by atoms with Crippen LogP contribution in [0, 0.1) is 11.8 Å². The van der Waals surface area contributed by atoms with E-state index in [1.807, 2.05) is 41.5 Å². The number of nitrogens with two attached hydrogens (primary N) is 1. The van der Waals surface area contributed by atoms with Gasteiger partial charge in [-0.2, -0.15) is 0 Å². The zero-order chi connectivity index (χ0) is 25.1. The lowest BCUT2D eigenvalue weighted by Crippen LogP contribution is -2.46. The lowest BCUT2D eigenvalue weighted by Gasteiger charge is -2.31. The van der Waals surface area contributed by atoms with Crippen LogP contribution < -0.4 is 21.7 Å². The smallest absolute Gasteiger partial charge is 0.407 e. The molecule has 0 aromatic carbocycles. The van der Waals surface area contributed by atoms with E-state index in [-0.39, 0.29) is 12.0 Å². The fraction of sp³-hybridized carbons (Fsp3) is 0.870. The summed E-state index contributed by atoms with van der Waals surface area (Å²) in [5.74, 6) is 0.796. The number of alkyl carbamates (subject to hydrolysis) is 2. The van der Waals surface area contributed by atoms with Gasteiger partial charge in [0.1, 0.15) is 11.2 Å². The molecule has 2 aliphatic rings. The second kappa shape index (κ2) is 13.5. The Morgan fingerprint density at radius 2 is 1.42 bits per heavy atom. The Kier molecular flexibility index (Phi) is 11.8. The van der Waals surface area contributed by atoms with Gasteiger partial charge >= 0.3 is 18.2 Å². The predicted octanol–water partition coefficient (Wildman–Crippen LogP) is 2.81. The van der Waals surface area contributed by atoms with Gasteiger partial charge in [0.2, 0.25) is 0 Å². The molecule has 0 aromatic rings. The Morgan fingerprint density at radius 1 is 0.909 bits per heavy atom. The predicted molar refractivity (Wildman–Crippen MR) is 128 cm³/mol. The summed E-state index contributed by atoms with van der Waals surface area (Å²) < 4.78 is 10.3. The number of urea groups is 1. The summed E-state index contributed by atoms with van der Waals surface area (Å²) in [6.07, 6.45) is 3.55. The molecule has 33 heavy (non-hydrogen) atoms. The van der Waals surface area contributed by atoms with Crippen molar-refractivity contribution in [2.45, 2.75) is 78.4 Å². The van der Waals surface area contributed by atoms with E-state index >= 15 is 0 Å². The summed E-state index contributed by atoms with van der Waals surface area (Å²) in [7, 11) is 0. The van der Waals surface area contributed by atoms with Crippen LogP contribution in [0.15, 0.2) is 0 Å². The highest BCUT2D eigenvalue weighted by atomic mass is 16.6. The monoisotopic (exact) mass is 471 g/mol. The summed E-state index contributed by atoms with van der Waals surface area (Å²) in [6, 6.07) is -0.392. The molecule has 0 aliphatic carbocycles. The summed E-state index contributed by atoms with van der Waals surface area (Å²) in [6.45, 7) is 15.7. The number of primary amides is 1. The van der Waals surface area contributed by atoms with E-state index in [1.54, 1.807) is 4.90 Å². The van der Waals surface area contributed by atoms with Crippen molar-refractivity contribution in [1.82, 2.24) is 20.9 Å². The highest BCUT2D eigenvalue weighted by molar-refractivity contribution is 5.72. The highest BCUT2D eigenvalue weighted by Gasteiger charge is 2.23. The van der Waals surface area contributed by atoms with Gasteiger partial charge in [-0.3, -0.25) is 0 Å². The number of rotatable bonds is 4. The summed E-state index contributed by atoms with van der Waals surface area (Å²) in [4.78, 5) is 35.5. The van der Waals surface area contributed by atoms with Crippen LogP contribution in [0.4, 0.5) is 14.4 Å². The Hall–Kier alpha value is -2.23. The standard InChI is InChI=1S/C12H23N3O3.C11H22N2O2/c1-12(2,3)18-11(17)14-7-9-5-4-6-15(8-9)10(13)16;1-11(2,3)15-10(14)13-8-9-5-4-6-12-7-9/h9H,4-8H2,1-3H3,(H2,13,16)(H,14,17);9,12H,4-8H2,1-3H3,(H,13,14). The molecule has 0 spiro atoms. The van der Waals surface area contributed by atoms with Gasteiger partial charge in [0, 0.05) is 26.2 Å². The van der Waals surface area contributed by atoms with Gasteiger partial charge in [-0.05, 0) is 92.2 Å². The molecule has 2 atom stereocenters. The van der Waals surface area contributed by atoms with Gasteiger partial charge in [-0.25, -0.2) is 14.4 Å². The average Bonchev–Trinajstić information content (AvgIpc) is 2.70. The fourth-order valence-corrected chi connectivity index (χ4v) is 3.61. The van der Waals surface area contributed by atoms with Crippen LogP contribution >= 0.6 is 0 Å². The van der Waals surface area contributed by atoms with Crippen molar-refractivity contribution in [2.75, 3.05) is 39.3 Å². The minimum Gasteiger partial charge on any atom is -0.444 e. The van der Waals surface area contributed by atoms with Gasteiger partial charge in [-0.1, -0.05) is 0 Å². The molecule has 2 fully saturated rings. The van der Waals surface area contributed by atoms with E-state index in [0.717, 1.165) is 25.9 Å². The first kappa shape index (κ1) is 28.8. The lowest BCUT2D eigenvalue weighted by molar-refractivity contribution is 0.0502. The van der Waals surface area contributed by atoms with Crippen LogP contribution in [-0.4, -0.2) is 73.6 Å². The SMILES string of the molecule is CC(C)(C)OC(=O)NCC1CCCN(C(N)=O)C1.CC(C)(C)OC(=O)NCC1CCCNC1. The van der Waals surface area contributed by atoms with Crippen molar-refractivity contribution >= 4 is 18.2 Å². The molecule has 10 nitrogen and oxygen atoms in total. The minimum atomic E-state index is -0.490. The van der Waals surface area contributed by atoms with Crippen LogP contribution in [0.1, 0.15) is 67.2 Å². The molecular weight excluding hydrogens is 426 g/mol. The number of amides is 4. The molecule has 0 aromatic heterocycles. The van der Waals surface area contributed by atoms with E-state index in [1.165, 1.54) is 12.8 Å². The summed E-state index contributed by atoms with van der Waals surface area (Å²) >= 11 is 0. The topological polar surface area (TPSA) is 135 Å². The Balaban J connectivity index is 0.000000335. The molecule has 10 heteroatoms. The maximum Gasteiger partial charge on any atom is 0.407 e. The maximum absolute atomic E-state index is 11.5. The summed E-state index contributed by atoms with van der Waals surface area (Å²) in [5, 5.41) is 8.85. The average molecular weight is 472 g/mol. The minimum absolute atomic E-state index is 0.249. The number of nitrogens with zero attached hydrogens (tertiary/aromatic N) is 1. The van der Waals surface area contributed by atoms with E-state index in [0.29, 0.717) is 32.1 Å². The van der Waals surface area contributed by atoms with Crippen molar-refractivity contribution in [3.8, 4) is 0 Å². The molecule has 2 aliphatic heterocycles. The molecule has 2 rings (SSSR count). The fourth-order valence-electron chi connectivity index (χ4n) is 3.61. The van der Waals surface area contributed by atoms with Crippen molar-refractivity contribution in [1.29, 1.82) is 0 Å². The number of carbonyl (C=O) groups excluding carboxylic acids is 3. The van der Waals surface area contributed by atoms with E-state index in [9.17, 15) is 14.4 Å². The second-order valence-electron chi connectivity index (χ2n) is 10.8. The molecule has 0 radical (unpaired) electrons. The molecule has 5 N–H and O–H groups in total. The number of ether oxygens (including phenoxy) is 2. The zero-order valence-corrected chi connectivity index (χ0v) is 21.3. The van der Waals surface area contributed by atoms with E-state index in [4.69, 9.17) is 15.2 Å². The largest absolute Gasteiger partial charge is 0.444 e. The number of carbonyl (C=O) groups is 3. The molecule has 192 valence electrons. The van der Waals surface area contributed by atoms with Crippen LogP contribution in [0.3, 0.4) is 0 Å². The Bertz CT molecular complexity index is 624. The Labute approximate surface area is 198 Å². The van der Waals surface area contributed by atoms with E-state index < -0.39 is 23.3 Å². The highest BCUT2D eigenvalue weighted by Crippen LogP contribution is 2.16. The van der Waals surface area contributed by atoms with Gasteiger partial charge in [-0.15, -0.1) is 0 Å². The van der Waals surface area contributed by atoms with Gasteiger partial charge in [0.05, 0.1) is 0 Å². The zero-order valence-electron chi connectivity index (χ0n) is 21.3. The number of hydrogen-bond donors (Lipinski definition) is 4. The molecule has 4 amide bonds. The van der Waals surface area contributed by atoms with Gasteiger partial charge in [0.15, 0.2) is 0 Å². The Morgan fingerprint density at radius 3 is 1.88 bits per heavy atom. The van der Waals surface area contributed by atoms with Crippen LogP contribution in [0.5, 0.6) is 0 Å². The number of hydrogen-bond acceptors (Lipinski definition) is 6. The molecule has 0 saturated carbocycles. The van der Waals surface area contributed by atoms with Crippen molar-refractivity contribution < 1.29 is 23.9 Å². The number of likely N-dealkylation sites (tertiary alicyclic amines) is 1. The van der Waals surface area contributed by atoms with Crippen LogP contribution in [0.25, 0.3) is 0 Å². The van der Waals surface area contributed by atoms with Gasteiger partial charge < -0.3 is 36.1 Å². The van der Waals surface area contributed by atoms with Crippen molar-refractivity contribution in [3.63, 3.8) is 0 Å². The van der Waals surface area contributed by atoms with Gasteiger partial charge in [0.25, 0.3) is 0 Å². The number of piperidine rings is 2. The second-order valence-corrected chi connectivity index (χ2v) is 10.8. The van der Waals surface area contributed by atoms with Crippen LogP contribution in [0.2, 0.25) is 0 Å². The molecule has 2 heterocycles. The summed E-state index contributed by atoms with van der Waals surface area (Å²) in [5.41, 5.74) is 4.35. The van der Waals surface area contributed by atoms with Crippen molar-refractivity contribution in [2.24, 2.45) is 17.6 Å². The molecule has 2 saturated heterocycles. The normalized spacial score (nSPS) is 21.2. The third kappa shape index (κ3) is 14.5. The van der Waals surface area contributed by atoms with E-state index in [2.05, 4.69) is 16.0 Å². The molecule has 2 unspecified atom stereocenters. The van der Waals surface area contributed by atoms with Crippen LogP contribution in [-0.2, 0) is 9.47 Å². The lowest BCUT2D eigenvalue weighted by atomic mass is 9.98. The third-order valence-electron chi connectivity index (χ3n) is 5.10. The first-order valence-electron chi connectivity index (χ1n) is 11.9.